The van der Waals surface area contributed by atoms with E-state index in [1.54, 1.807) is 18.2 Å². The third-order valence-electron chi connectivity index (χ3n) is 4.05. The lowest BCUT2D eigenvalue weighted by Crippen LogP contribution is -2.07. The Morgan fingerprint density at radius 2 is 1.80 bits per heavy atom. The van der Waals surface area contributed by atoms with Crippen LogP contribution in [0.3, 0.4) is 0 Å². The maximum absolute atomic E-state index is 12.0. The van der Waals surface area contributed by atoms with Gasteiger partial charge in [-0.05, 0) is 43.8 Å². The minimum atomic E-state index is -0.344. The van der Waals surface area contributed by atoms with Gasteiger partial charge in [-0.15, -0.1) is 0 Å². The second kappa shape index (κ2) is 10.7. The number of aliphatic hydroxyl groups is 1. The van der Waals surface area contributed by atoms with Crippen molar-refractivity contribution in [2.75, 3.05) is 6.67 Å². The Hall–Kier alpha value is -1.05. The predicted octanol–water partition coefficient (Wildman–Crippen LogP) is 6.04. The highest BCUT2D eigenvalue weighted by molar-refractivity contribution is 5.23. The first-order valence-electron chi connectivity index (χ1n) is 8.10. The zero-order valence-electron chi connectivity index (χ0n) is 12.8. The topological polar surface area (TPSA) is 20.2 Å². The van der Waals surface area contributed by atoms with Crippen LogP contribution in [0.15, 0.2) is 35.6 Å². The van der Waals surface area contributed by atoms with Crippen LogP contribution in [0.25, 0.3) is 0 Å². The van der Waals surface area contributed by atoms with E-state index in [0.29, 0.717) is 18.1 Å². The number of hydrogen-bond acceptors (Lipinski definition) is 1. The minimum absolute atomic E-state index is 0.291. The summed E-state index contributed by atoms with van der Waals surface area (Å²) < 4.78 is 12.0. The summed E-state index contributed by atoms with van der Waals surface area (Å²) in [6.45, 7) is 1.82. The van der Waals surface area contributed by atoms with Crippen molar-refractivity contribution >= 4 is 0 Å². The largest absolute Gasteiger partial charge is 0.508 e. The summed E-state index contributed by atoms with van der Waals surface area (Å²) in [6.07, 6.45) is 17.7. The van der Waals surface area contributed by atoms with Crippen LogP contribution in [0.1, 0.15) is 64.7 Å². The van der Waals surface area contributed by atoms with Crippen LogP contribution in [0.4, 0.5) is 4.39 Å². The molecule has 0 atom stereocenters. The van der Waals surface area contributed by atoms with E-state index < -0.39 is 0 Å². The van der Waals surface area contributed by atoms with Crippen molar-refractivity contribution in [3.8, 4) is 0 Å². The maximum Gasteiger partial charge on any atom is 0.115 e. The summed E-state index contributed by atoms with van der Waals surface area (Å²) in [6, 6.07) is 0. The van der Waals surface area contributed by atoms with E-state index in [1.807, 2.05) is 6.08 Å². The maximum atomic E-state index is 12.0. The summed E-state index contributed by atoms with van der Waals surface area (Å²) in [5, 5.41) is 9.95. The molecule has 1 saturated carbocycles. The standard InChI is InChI=1S/C18H29FO/c1-2-16(15-18(20)13-9-6-10-14-19)17-11-7-4-3-5-8-12-17/h6,9,13,15,17,20H,2-5,7-8,10-12,14H2,1H3/b9-6+,16-15+,18-13+. The van der Waals surface area contributed by atoms with E-state index in [9.17, 15) is 9.50 Å². The molecule has 0 bridgehead atoms. The van der Waals surface area contributed by atoms with Gasteiger partial charge in [0.05, 0.1) is 6.67 Å². The molecule has 0 heterocycles. The van der Waals surface area contributed by atoms with Gasteiger partial charge in [-0.25, -0.2) is 0 Å². The van der Waals surface area contributed by atoms with Gasteiger partial charge in [0, 0.05) is 0 Å². The Kier molecular flexibility index (Phi) is 9.10. The third kappa shape index (κ3) is 6.93. The average molecular weight is 280 g/mol. The lowest BCUT2D eigenvalue weighted by atomic mass is 9.84. The van der Waals surface area contributed by atoms with Crippen molar-refractivity contribution < 1.29 is 9.50 Å². The molecule has 1 aliphatic rings. The Bertz CT molecular complexity index is 333. The molecule has 1 rings (SSSR count). The summed E-state index contributed by atoms with van der Waals surface area (Å²) in [5.41, 5.74) is 1.36. The number of alkyl halides is 1. The number of aliphatic hydroxyl groups excluding tert-OH is 1. The first-order chi connectivity index (χ1) is 9.77. The molecule has 0 saturated heterocycles. The zero-order valence-corrected chi connectivity index (χ0v) is 12.8. The van der Waals surface area contributed by atoms with Crippen LogP contribution in [0, 0.1) is 5.92 Å². The Morgan fingerprint density at radius 1 is 1.15 bits per heavy atom. The van der Waals surface area contributed by atoms with Gasteiger partial charge < -0.3 is 5.11 Å². The lowest BCUT2D eigenvalue weighted by Gasteiger charge is -2.22. The van der Waals surface area contributed by atoms with E-state index in [4.69, 9.17) is 0 Å². The Labute approximate surface area is 123 Å². The quantitative estimate of drug-likeness (QED) is 0.464. The van der Waals surface area contributed by atoms with Gasteiger partial charge >= 0.3 is 0 Å². The smallest absolute Gasteiger partial charge is 0.115 e. The fraction of sp³-hybridized carbons (Fsp3) is 0.667. The number of halogens is 1. The number of hydrogen-bond donors (Lipinski definition) is 1. The average Bonchev–Trinajstić information content (AvgIpc) is 2.41. The van der Waals surface area contributed by atoms with Crippen molar-refractivity contribution in [2.45, 2.75) is 64.7 Å². The van der Waals surface area contributed by atoms with E-state index in [0.717, 1.165) is 6.42 Å². The molecule has 1 N–H and O–H groups in total. The molecule has 0 radical (unpaired) electrons. The highest BCUT2D eigenvalue weighted by atomic mass is 19.1. The van der Waals surface area contributed by atoms with Crippen molar-refractivity contribution in [3.05, 3.63) is 35.6 Å². The molecule has 2 heteroatoms. The van der Waals surface area contributed by atoms with Crippen LogP contribution in [0.5, 0.6) is 0 Å². The fourth-order valence-corrected chi connectivity index (χ4v) is 2.90. The highest BCUT2D eigenvalue weighted by Gasteiger charge is 2.14. The van der Waals surface area contributed by atoms with Gasteiger partial charge in [0.25, 0.3) is 0 Å². The van der Waals surface area contributed by atoms with Crippen LogP contribution in [-0.2, 0) is 0 Å². The second-order valence-corrected chi connectivity index (χ2v) is 5.61. The van der Waals surface area contributed by atoms with Gasteiger partial charge in [-0.2, -0.15) is 0 Å². The molecular formula is C18H29FO. The SMILES string of the molecule is CC\C(=C/C(O)=C\C=C\CCF)C1CCCCCCC1. The van der Waals surface area contributed by atoms with Gasteiger partial charge in [0.15, 0.2) is 0 Å². The van der Waals surface area contributed by atoms with Crippen molar-refractivity contribution in [2.24, 2.45) is 5.92 Å². The molecule has 0 aliphatic heterocycles. The molecule has 20 heavy (non-hydrogen) atoms. The van der Waals surface area contributed by atoms with Crippen LogP contribution >= 0.6 is 0 Å². The summed E-state index contributed by atoms with van der Waals surface area (Å²) in [5.74, 6) is 0.921. The second-order valence-electron chi connectivity index (χ2n) is 5.61. The van der Waals surface area contributed by atoms with Crippen LogP contribution < -0.4 is 0 Å². The van der Waals surface area contributed by atoms with Crippen molar-refractivity contribution in [1.82, 2.24) is 0 Å². The third-order valence-corrected chi connectivity index (χ3v) is 4.05. The molecule has 1 aliphatic carbocycles. The zero-order chi connectivity index (χ0) is 14.6. The van der Waals surface area contributed by atoms with E-state index >= 15 is 0 Å². The molecular weight excluding hydrogens is 251 g/mol. The molecule has 0 spiro atoms. The Morgan fingerprint density at radius 3 is 2.40 bits per heavy atom. The predicted molar refractivity (Wildman–Crippen MR) is 84.6 cm³/mol. The molecule has 0 aromatic heterocycles. The summed E-state index contributed by atoms with van der Waals surface area (Å²) in [7, 11) is 0. The minimum Gasteiger partial charge on any atom is -0.508 e. The first kappa shape index (κ1) is 17.0. The molecule has 1 nitrogen and oxygen atoms in total. The molecule has 114 valence electrons. The van der Waals surface area contributed by atoms with E-state index in [1.165, 1.54) is 50.5 Å². The van der Waals surface area contributed by atoms with E-state index in [2.05, 4.69) is 6.92 Å². The molecule has 0 amide bonds. The number of allylic oxidation sites excluding steroid dienone is 5. The van der Waals surface area contributed by atoms with Gasteiger partial charge in [-0.1, -0.05) is 56.8 Å². The van der Waals surface area contributed by atoms with Crippen molar-refractivity contribution in [3.63, 3.8) is 0 Å². The summed E-state index contributed by atoms with van der Waals surface area (Å²) in [4.78, 5) is 0. The monoisotopic (exact) mass is 280 g/mol. The molecule has 1 fully saturated rings. The molecule has 0 aromatic rings. The van der Waals surface area contributed by atoms with Gasteiger partial charge in [0.2, 0.25) is 0 Å². The highest BCUT2D eigenvalue weighted by Crippen LogP contribution is 2.30. The first-order valence-corrected chi connectivity index (χ1v) is 8.10. The normalized spacial score (nSPS) is 20.1. The lowest BCUT2D eigenvalue weighted by molar-refractivity contribution is 0.404. The van der Waals surface area contributed by atoms with Gasteiger partial charge in [-0.3, -0.25) is 4.39 Å². The Balaban J connectivity index is 2.63. The van der Waals surface area contributed by atoms with Crippen LogP contribution in [-0.4, -0.2) is 11.8 Å². The van der Waals surface area contributed by atoms with E-state index in [-0.39, 0.29) is 6.67 Å². The molecule has 0 unspecified atom stereocenters. The van der Waals surface area contributed by atoms with Gasteiger partial charge in [0.1, 0.15) is 5.76 Å². The fourth-order valence-electron chi connectivity index (χ4n) is 2.90. The van der Waals surface area contributed by atoms with Crippen LogP contribution in [0.2, 0.25) is 0 Å². The molecule has 0 aromatic carbocycles. The summed E-state index contributed by atoms with van der Waals surface area (Å²) >= 11 is 0. The van der Waals surface area contributed by atoms with Crippen molar-refractivity contribution in [1.29, 1.82) is 0 Å². The number of rotatable bonds is 6.